The smallest absolute Gasteiger partial charge is 0.328 e. The number of rotatable bonds is 7. The molecular formula is C27H32N4O4. The summed E-state index contributed by atoms with van der Waals surface area (Å²) < 4.78 is 5.46. The number of hydrogen-bond donors (Lipinski definition) is 2. The highest BCUT2D eigenvalue weighted by atomic mass is 16.5. The summed E-state index contributed by atoms with van der Waals surface area (Å²) >= 11 is 0. The molecule has 2 aliphatic heterocycles. The van der Waals surface area contributed by atoms with Gasteiger partial charge >= 0.3 is 6.03 Å². The first-order valence-electron chi connectivity index (χ1n) is 12.1. The van der Waals surface area contributed by atoms with Gasteiger partial charge in [0.25, 0.3) is 5.91 Å². The SMILES string of the molecule is CCN(C)CCCN1C(=O)N2[C@H](c3cccc(O)c3)c3[nH]c4ccc(OC)cc4c3C[C@@]2(C)C1=O. The second-order valence-corrected chi connectivity index (χ2v) is 9.74. The zero-order chi connectivity index (χ0) is 24.9. The van der Waals surface area contributed by atoms with E-state index in [-0.39, 0.29) is 17.7 Å². The zero-order valence-electron chi connectivity index (χ0n) is 20.7. The Labute approximate surface area is 205 Å². The summed E-state index contributed by atoms with van der Waals surface area (Å²) in [7, 11) is 3.66. The number of nitrogens with zero attached hydrogens (tertiary/aromatic N) is 3. The van der Waals surface area contributed by atoms with Crippen molar-refractivity contribution in [2.24, 2.45) is 0 Å². The molecule has 1 saturated heterocycles. The van der Waals surface area contributed by atoms with E-state index in [4.69, 9.17) is 4.74 Å². The number of urea groups is 1. The third kappa shape index (κ3) is 3.63. The summed E-state index contributed by atoms with van der Waals surface area (Å²) in [6.45, 7) is 6.05. The average molecular weight is 477 g/mol. The molecule has 8 nitrogen and oxygen atoms in total. The van der Waals surface area contributed by atoms with E-state index in [1.807, 2.05) is 38.2 Å². The highest BCUT2D eigenvalue weighted by molar-refractivity contribution is 6.08. The summed E-state index contributed by atoms with van der Waals surface area (Å²) in [6, 6.07) is 11.9. The van der Waals surface area contributed by atoms with Crippen LogP contribution in [0.4, 0.5) is 4.79 Å². The Balaban J connectivity index is 1.63. The molecule has 0 saturated carbocycles. The van der Waals surface area contributed by atoms with Crippen LogP contribution in [0, 0.1) is 0 Å². The highest BCUT2D eigenvalue weighted by Crippen LogP contribution is 2.49. The number of hydrogen-bond acceptors (Lipinski definition) is 5. The third-order valence-electron chi connectivity index (χ3n) is 7.52. The number of amides is 3. The van der Waals surface area contributed by atoms with Gasteiger partial charge in [0.15, 0.2) is 0 Å². The number of ether oxygens (including phenoxy) is 1. The summed E-state index contributed by atoms with van der Waals surface area (Å²) in [5, 5.41) is 11.2. The topological polar surface area (TPSA) is 89.1 Å². The van der Waals surface area contributed by atoms with Crippen LogP contribution in [-0.2, 0) is 11.2 Å². The number of carbonyl (C=O) groups excluding carboxylic acids is 2. The fraction of sp³-hybridized carbons (Fsp3) is 0.407. The number of benzene rings is 2. The number of nitrogens with one attached hydrogen (secondary N) is 1. The predicted octanol–water partition coefficient (Wildman–Crippen LogP) is 3.89. The van der Waals surface area contributed by atoms with E-state index in [2.05, 4.69) is 16.8 Å². The van der Waals surface area contributed by atoms with E-state index < -0.39 is 11.6 Å². The van der Waals surface area contributed by atoms with E-state index in [0.717, 1.165) is 46.6 Å². The van der Waals surface area contributed by atoms with Crippen LogP contribution in [0.15, 0.2) is 42.5 Å². The van der Waals surface area contributed by atoms with E-state index in [1.54, 1.807) is 30.2 Å². The molecule has 2 aromatic carbocycles. The van der Waals surface area contributed by atoms with Crippen molar-refractivity contribution in [1.29, 1.82) is 0 Å². The standard InChI is InChI=1S/C27H32N4O4/c1-5-29(3)12-7-13-30-25(33)27(2)16-21-20-15-19(35-4)10-11-22(20)28-23(21)24(31(27)26(30)34)17-8-6-9-18(32)14-17/h6,8-11,14-15,24,28,32H,5,7,12-13,16H2,1-4H3/t24-,27+/m1/s1. The molecule has 3 heterocycles. The minimum Gasteiger partial charge on any atom is -0.508 e. The van der Waals surface area contributed by atoms with E-state index in [1.165, 1.54) is 4.90 Å². The fourth-order valence-corrected chi connectivity index (χ4v) is 5.51. The minimum atomic E-state index is -1.03. The number of imide groups is 1. The molecule has 2 atom stereocenters. The molecule has 0 unspecified atom stereocenters. The Hall–Kier alpha value is -3.52. The number of fused-ring (bicyclic) bond motifs is 4. The molecule has 1 aromatic heterocycles. The van der Waals surface area contributed by atoms with E-state index in [0.29, 0.717) is 19.4 Å². The van der Waals surface area contributed by atoms with Crippen molar-refractivity contribution >= 4 is 22.8 Å². The zero-order valence-corrected chi connectivity index (χ0v) is 20.7. The maximum absolute atomic E-state index is 13.8. The van der Waals surface area contributed by atoms with Crippen molar-refractivity contribution in [3.63, 3.8) is 0 Å². The Morgan fingerprint density at radius 1 is 1.23 bits per heavy atom. The number of methoxy groups -OCH3 is 1. The third-order valence-corrected chi connectivity index (χ3v) is 7.52. The molecule has 1 fully saturated rings. The van der Waals surface area contributed by atoms with Crippen molar-refractivity contribution in [2.45, 2.75) is 38.3 Å². The lowest BCUT2D eigenvalue weighted by Crippen LogP contribution is -2.53. The van der Waals surface area contributed by atoms with Crippen LogP contribution in [0.25, 0.3) is 10.9 Å². The van der Waals surface area contributed by atoms with Crippen LogP contribution in [0.3, 0.4) is 0 Å². The van der Waals surface area contributed by atoms with Crippen LogP contribution >= 0.6 is 0 Å². The van der Waals surface area contributed by atoms with Crippen LogP contribution in [0.5, 0.6) is 11.5 Å². The summed E-state index contributed by atoms with van der Waals surface area (Å²) in [4.78, 5) is 36.4. The lowest BCUT2D eigenvalue weighted by Gasteiger charge is -2.42. The summed E-state index contributed by atoms with van der Waals surface area (Å²) in [6.07, 6.45) is 1.12. The molecule has 35 heavy (non-hydrogen) atoms. The average Bonchev–Trinajstić information content (AvgIpc) is 3.29. The maximum Gasteiger partial charge on any atom is 0.328 e. The van der Waals surface area contributed by atoms with Gasteiger partial charge in [0.2, 0.25) is 0 Å². The Morgan fingerprint density at radius 2 is 2.03 bits per heavy atom. The van der Waals surface area contributed by atoms with Gasteiger partial charge in [0, 0.05) is 29.6 Å². The van der Waals surface area contributed by atoms with E-state index >= 15 is 0 Å². The molecule has 0 radical (unpaired) electrons. The van der Waals surface area contributed by atoms with Gasteiger partial charge in [-0.25, -0.2) is 4.79 Å². The highest BCUT2D eigenvalue weighted by Gasteiger charge is 2.60. The molecule has 5 rings (SSSR count). The van der Waals surface area contributed by atoms with Gasteiger partial charge in [-0.15, -0.1) is 0 Å². The van der Waals surface area contributed by atoms with Crippen LogP contribution < -0.4 is 4.74 Å². The quantitative estimate of drug-likeness (QED) is 0.505. The minimum absolute atomic E-state index is 0.117. The fourth-order valence-electron chi connectivity index (χ4n) is 5.51. The van der Waals surface area contributed by atoms with Crippen molar-refractivity contribution in [3.8, 4) is 11.5 Å². The van der Waals surface area contributed by atoms with Gasteiger partial charge in [0.05, 0.1) is 7.11 Å². The molecule has 3 aromatic rings. The molecule has 0 bridgehead atoms. The number of aromatic amines is 1. The number of phenols is 1. The molecule has 0 aliphatic carbocycles. The van der Waals surface area contributed by atoms with Gasteiger partial charge < -0.3 is 19.7 Å². The largest absolute Gasteiger partial charge is 0.508 e. The lowest BCUT2D eigenvalue weighted by molar-refractivity contribution is -0.133. The Kier molecular flexibility index (Phi) is 5.71. The first-order valence-corrected chi connectivity index (χ1v) is 12.1. The van der Waals surface area contributed by atoms with Gasteiger partial charge in [0.1, 0.15) is 23.1 Å². The monoisotopic (exact) mass is 476 g/mol. The predicted molar refractivity (Wildman–Crippen MR) is 134 cm³/mol. The van der Waals surface area contributed by atoms with E-state index in [9.17, 15) is 14.7 Å². The second kappa shape index (κ2) is 8.61. The van der Waals surface area contributed by atoms with Gasteiger partial charge in [-0.3, -0.25) is 14.6 Å². The van der Waals surface area contributed by atoms with Gasteiger partial charge in [-0.05, 0) is 74.9 Å². The van der Waals surface area contributed by atoms with Gasteiger partial charge in [-0.2, -0.15) is 0 Å². The molecule has 3 amide bonds. The van der Waals surface area contributed by atoms with Gasteiger partial charge in [-0.1, -0.05) is 19.1 Å². The Bertz CT molecular complexity index is 1300. The first-order chi connectivity index (χ1) is 16.8. The second-order valence-electron chi connectivity index (χ2n) is 9.74. The molecule has 0 spiro atoms. The Morgan fingerprint density at radius 3 is 2.74 bits per heavy atom. The van der Waals surface area contributed by atoms with Crippen LogP contribution in [0.2, 0.25) is 0 Å². The lowest BCUT2D eigenvalue weighted by atomic mass is 9.81. The summed E-state index contributed by atoms with van der Waals surface area (Å²) in [5.74, 6) is 0.678. The van der Waals surface area contributed by atoms with Crippen LogP contribution in [-0.4, -0.2) is 76.1 Å². The first kappa shape index (κ1) is 23.2. The van der Waals surface area contributed by atoms with Crippen molar-refractivity contribution in [2.75, 3.05) is 33.8 Å². The van der Waals surface area contributed by atoms with Crippen molar-refractivity contribution < 1.29 is 19.4 Å². The molecular weight excluding hydrogens is 444 g/mol. The van der Waals surface area contributed by atoms with Crippen molar-refractivity contribution in [3.05, 3.63) is 59.3 Å². The maximum atomic E-state index is 13.8. The number of carbonyl (C=O) groups is 2. The molecule has 8 heteroatoms. The number of phenolic OH excluding ortho intramolecular Hbond substituents is 1. The number of aromatic nitrogens is 1. The van der Waals surface area contributed by atoms with Crippen LogP contribution in [0.1, 0.15) is 43.1 Å². The molecule has 2 N–H and O–H groups in total. The normalized spacial score (nSPS) is 21.7. The molecule has 184 valence electrons. The molecule has 2 aliphatic rings. The number of aromatic hydroxyl groups is 1. The van der Waals surface area contributed by atoms with Crippen molar-refractivity contribution in [1.82, 2.24) is 19.7 Å². The summed E-state index contributed by atoms with van der Waals surface area (Å²) in [5.41, 5.74) is 2.51. The number of H-pyrrole nitrogens is 1.